The second-order valence-corrected chi connectivity index (χ2v) is 5.15. The standard InChI is InChI=1S/C15H17NO4/c17-12-2-1-7-16(9-12)15(18)6-4-11-3-5-13-14(8-11)20-10-19-13/h3,5,8H,1-2,4,6-7,9-10H2. The summed E-state index contributed by atoms with van der Waals surface area (Å²) < 4.78 is 10.6. The monoisotopic (exact) mass is 275 g/mol. The van der Waals surface area contributed by atoms with Crippen molar-refractivity contribution in [1.82, 2.24) is 4.90 Å². The van der Waals surface area contributed by atoms with E-state index in [-0.39, 0.29) is 25.0 Å². The van der Waals surface area contributed by atoms with E-state index in [2.05, 4.69) is 0 Å². The summed E-state index contributed by atoms with van der Waals surface area (Å²) in [6, 6.07) is 5.73. The fourth-order valence-electron chi connectivity index (χ4n) is 2.56. The Hall–Kier alpha value is -2.04. The van der Waals surface area contributed by atoms with Crippen molar-refractivity contribution >= 4 is 11.7 Å². The molecule has 106 valence electrons. The minimum absolute atomic E-state index is 0.0516. The molecule has 2 heterocycles. The van der Waals surface area contributed by atoms with E-state index in [1.54, 1.807) is 4.90 Å². The molecule has 0 N–H and O–H groups in total. The van der Waals surface area contributed by atoms with Crippen LogP contribution in [-0.2, 0) is 16.0 Å². The maximum absolute atomic E-state index is 12.1. The molecule has 2 aliphatic heterocycles. The van der Waals surface area contributed by atoms with Crippen molar-refractivity contribution in [2.24, 2.45) is 0 Å². The van der Waals surface area contributed by atoms with E-state index in [4.69, 9.17) is 9.47 Å². The topological polar surface area (TPSA) is 55.8 Å². The first kappa shape index (κ1) is 13.0. The molecule has 5 nitrogen and oxygen atoms in total. The molecule has 0 bridgehead atoms. The number of nitrogens with zero attached hydrogens (tertiary/aromatic N) is 1. The number of benzene rings is 1. The number of carbonyl (C=O) groups is 2. The Morgan fingerprint density at radius 3 is 2.95 bits per heavy atom. The van der Waals surface area contributed by atoms with Gasteiger partial charge in [-0.25, -0.2) is 0 Å². The summed E-state index contributed by atoms with van der Waals surface area (Å²) in [5.74, 6) is 1.70. The van der Waals surface area contributed by atoms with Gasteiger partial charge in [-0.1, -0.05) is 6.07 Å². The Labute approximate surface area is 117 Å². The number of ketones is 1. The number of aryl methyl sites for hydroxylation is 1. The van der Waals surface area contributed by atoms with E-state index in [0.717, 1.165) is 23.5 Å². The number of hydrogen-bond acceptors (Lipinski definition) is 4. The van der Waals surface area contributed by atoms with Crippen LogP contribution in [0.2, 0.25) is 0 Å². The number of Topliss-reactive ketones (excluding diaryl/α,β-unsaturated/α-hetero) is 1. The molecule has 0 spiro atoms. The van der Waals surface area contributed by atoms with Crippen molar-refractivity contribution in [2.75, 3.05) is 19.9 Å². The largest absolute Gasteiger partial charge is 0.454 e. The first-order valence-electron chi connectivity index (χ1n) is 6.90. The van der Waals surface area contributed by atoms with Crippen LogP contribution in [0.5, 0.6) is 11.5 Å². The summed E-state index contributed by atoms with van der Waals surface area (Å²) in [5, 5.41) is 0. The summed E-state index contributed by atoms with van der Waals surface area (Å²) in [5.41, 5.74) is 1.05. The number of hydrogen-bond donors (Lipinski definition) is 0. The molecule has 1 aromatic carbocycles. The molecule has 0 unspecified atom stereocenters. The molecule has 1 amide bonds. The second kappa shape index (κ2) is 5.53. The first-order chi connectivity index (χ1) is 9.72. The van der Waals surface area contributed by atoms with Crippen molar-refractivity contribution in [2.45, 2.75) is 25.7 Å². The molecule has 0 saturated carbocycles. The lowest BCUT2D eigenvalue weighted by atomic mass is 10.1. The molecule has 1 saturated heterocycles. The summed E-state index contributed by atoms with van der Waals surface area (Å²) in [6.45, 7) is 1.24. The fraction of sp³-hybridized carbons (Fsp3) is 0.467. The number of ether oxygens (including phenoxy) is 2. The molecule has 5 heteroatoms. The lowest BCUT2D eigenvalue weighted by Gasteiger charge is -2.25. The summed E-state index contributed by atoms with van der Waals surface area (Å²) >= 11 is 0. The van der Waals surface area contributed by atoms with Crippen LogP contribution in [0, 0.1) is 0 Å². The minimum atomic E-state index is 0.0516. The van der Waals surface area contributed by atoms with Crippen molar-refractivity contribution in [3.05, 3.63) is 23.8 Å². The summed E-state index contributed by atoms with van der Waals surface area (Å²) in [7, 11) is 0. The Bertz CT molecular complexity index is 541. The molecule has 0 aromatic heterocycles. The maximum Gasteiger partial charge on any atom is 0.231 e. The van der Waals surface area contributed by atoms with Gasteiger partial charge in [0.05, 0.1) is 6.54 Å². The van der Waals surface area contributed by atoms with Gasteiger partial charge in [0.25, 0.3) is 0 Å². The van der Waals surface area contributed by atoms with Crippen molar-refractivity contribution in [3.63, 3.8) is 0 Å². The lowest BCUT2D eigenvalue weighted by molar-refractivity contribution is -0.137. The Morgan fingerprint density at radius 1 is 1.25 bits per heavy atom. The number of piperidine rings is 1. The molecule has 1 fully saturated rings. The molecule has 2 aliphatic rings. The van der Waals surface area contributed by atoms with Gasteiger partial charge in [0.2, 0.25) is 12.7 Å². The van der Waals surface area contributed by atoms with Crippen LogP contribution in [0.1, 0.15) is 24.8 Å². The van der Waals surface area contributed by atoms with Crippen LogP contribution in [0.3, 0.4) is 0 Å². The van der Waals surface area contributed by atoms with E-state index >= 15 is 0 Å². The normalized spacial score (nSPS) is 17.4. The van der Waals surface area contributed by atoms with Gasteiger partial charge in [0, 0.05) is 19.4 Å². The second-order valence-electron chi connectivity index (χ2n) is 5.15. The third-order valence-electron chi connectivity index (χ3n) is 3.67. The van der Waals surface area contributed by atoms with Crippen LogP contribution in [-0.4, -0.2) is 36.5 Å². The lowest BCUT2D eigenvalue weighted by Crippen LogP contribution is -2.40. The van der Waals surface area contributed by atoms with E-state index in [1.807, 2.05) is 18.2 Å². The van der Waals surface area contributed by atoms with Crippen LogP contribution < -0.4 is 9.47 Å². The van der Waals surface area contributed by atoms with Crippen molar-refractivity contribution in [3.8, 4) is 11.5 Å². The molecular formula is C15H17NO4. The third-order valence-corrected chi connectivity index (χ3v) is 3.67. The highest BCUT2D eigenvalue weighted by atomic mass is 16.7. The zero-order chi connectivity index (χ0) is 13.9. The average molecular weight is 275 g/mol. The van der Waals surface area contributed by atoms with E-state index in [0.29, 0.717) is 25.8 Å². The predicted octanol–water partition coefficient (Wildman–Crippen LogP) is 1.54. The van der Waals surface area contributed by atoms with Gasteiger partial charge in [-0.2, -0.15) is 0 Å². The highest BCUT2D eigenvalue weighted by Gasteiger charge is 2.21. The number of rotatable bonds is 3. The third kappa shape index (κ3) is 2.76. The average Bonchev–Trinajstić information content (AvgIpc) is 2.92. The van der Waals surface area contributed by atoms with Gasteiger partial charge >= 0.3 is 0 Å². The number of amides is 1. The predicted molar refractivity (Wildman–Crippen MR) is 71.7 cm³/mol. The highest BCUT2D eigenvalue weighted by Crippen LogP contribution is 2.32. The SMILES string of the molecule is O=C1CCCN(C(=O)CCc2ccc3c(c2)OCO3)C1. The van der Waals surface area contributed by atoms with Gasteiger partial charge in [-0.15, -0.1) is 0 Å². The molecule has 20 heavy (non-hydrogen) atoms. The van der Waals surface area contributed by atoms with E-state index in [9.17, 15) is 9.59 Å². The smallest absolute Gasteiger partial charge is 0.231 e. The fourth-order valence-corrected chi connectivity index (χ4v) is 2.56. The number of fused-ring (bicyclic) bond motifs is 1. The van der Waals surface area contributed by atoms with Crippen LogP contribution in [0.15, 0.2) is 18.2 Å². The summed E-state index contributed by atoms with van der Waals surface area (Å²) in [6.07, 6.45) is 2.47. The number of carbonyl (C=O) groups excluding carboxylic acids is 2. The van der Waals surface area contributed by atoms with Crippen molar-refractivity contribution < 1.29 is 19.1 Å². The first-order valence-corrected chi connectivity index (χ1v) is 6.90. The van der Waals surface area contributed by atoms with Gasteiger partial charge in [0.1, 0.15) is 0 Å². The maximum atomic E-state index is 12.1. The Morgan fingerprint density at radius 2 is 2.10 bits per heavy atom. The van der Waals surface area contributed by atoms with Crippen LogP contribution in [0.4, 0.5) is 0 Å². The molecule has 1 aromatic rings. The van der Waals surface area contributed by atoms with Crippen LogP contribution >= 0.6 is 0 Å². The summed E-state index contributed by atoms with van der Waals surface area (Å²) in [4.78, 5) is 25.1. The van der Waals surface area contributed by atoms with Gasteiger partial charge < -0.3 is 14.4 Å². The van der Waals surface area contributed by atoms with E-state index < -0.39 is 0 Å². The molecule has 3 rings (SSSR count). The Balaban J connectivity index is 1.56. The zero-order valence-corrected chi connectivity index (χ0v) is 11.3. The van der Waals surface area contributed by atoms with Gasteiger partial charge in [-0.05, 0) is 30.5 Å². The molecule has 0 atom stereocenters. The Kier molecular flexibility index (Phi) is 3.58. The van der Waals surface area contributed by atoms with Crippen molar-refractivity contribution in [1.29, 1.82) is 0 Å². The molecule has 0 radical (unpaired) electrons. The van der Waals surface area contributed by atoms with Crippen LogP contribution in [0.25, 0.3) is 0 Å². The van der Waals surface area contributed by atoms with Gasteiger partial charge in [-0.3, -0.25) is 9.59 Å². The quantitative estimate of drug-likeness (QED) is 0.839. The minimum Gasteiger partial charge on any atom is -0.454 e. The molecule has 0 aliphatic carbocycles. The zero-order valence-electron chi connectivity index (χ0n) is 11.3. The molecular weight excluding hydrogens is 258 g/mol. The highest BCUT2D eigenvalue weighted by molar-refractivity contribution is 5.87. The van der Waals surface area contributed by atoms with Gasteiger partial charge in [0.15, 0.2) is 17.3 Å². The number of likely N-dealkylation sites (tertiary alicyclic amines) is 1. The van der Waals surface area contributed by atoms with E-state index in [1.165, 1.54) is 0 Å².